The minimum Gasteiger partial charge on any atom is -0.454 e. The van der Waals surface area contributed by atoms with Crippen molar-refractivity contribution >= 4 is 11.9 Å². The fourth-order valence-electron chi connectivity index (χ4n) is 13.3. The lowest BCUT2D eigenvalue weighted by atomic mass is 9.99. The molecule has 554 valence electrons. The van der Waals surface area contributed by atoms with Crippen LogP contribution in [0.5, 0.6) is 0 Å². The molecule has 1 fully saturated rings. The average Bonchev–Trinajstić information content (AvgIpc) is 0.814. The Morgan fingerprint density at radius 3 is 1.03 bits per heavy atom. The standard InChI is InChI=1S/C83H157NO10/c1-4-7-10-13-16-19-22-25-27-29-31-33-35-37-39-41-43-45-47-49-51-53-56-59-62-65-68-71-78(88)94-81-80(90)79(89)77(72-85)93-83(81)92-73-74(75(86)69-66-63-60-57-54-24-21-18-15-12-9-6-3)84-82(91)76(87)70-67-64-61-58-55-52-50-48-46-44-42-40-38-36-34-32-30-28-26-23-20-17-14-11-8-5-2/h25-28,66,69,74-77,79-81,83,85-87,89-90H,4-24,29-65,67-68,70-73H2,1-3H3,(H,84,91)/b27-25+,28-26+,69-66+. The second-order valence-electron chi connectivity index (χ2n) is 28.9. The zero-order valence-electron chi connectivity index (χ0n) is 62.1. The molecule has 0 spiro atoms. The molecule has 11 nitrogen and oxygen atoms in total. The summed E-state index contributed by atoms with van der Waals surface area (Å²) in [6.07, 6.45) is 79.3. The maximum atomic E-state index is 13.5. The van der Waals surface area contributed by atoms with E-state index in [4.69, 9.17) is 14.2 Å². The van der Waals surface area contributed by atoms with E-state index in [1.165, 1.54) is 315 Å². The molecule has 0 aromatic carbocycles. The summed E-state index contributed by atoms with van der Waals surface area (Å²) in [6, 6.07) is -1.02. The summed E-state index contributed by atoms with van der Waals surface area (Å²) in [4.78, 5) is 26.8. The maximum Gasteiger partial charge on any atom is 0.306 e. The quantitative estimate of drug-likeness (QED) is 0.0195. The summed E-state index contributed by atoms with van der Waals surface area (Å²) in [5, 5.41) is 57.5. The molecule has 0 aliphatic carbocycles. The first kappa shape index (κ1) is 89.9. The van der Waals surface area contributed by atoms with Gasteiger partial charge in [-0.05, 0) is 77.0 Å². The Balaban J connectivity index is 2.46. The number of carbonyl (C=O) groups is 2. The number of hydrogen-bond donors (Lipinski definition) is 6. The van der Waals surface area contributed by atoms with Crippen molar-refractivity contribution in [3.63, 3.8) is 0 Å². The fourth-order valence-corrected chi connectivity index (χ4v) is 13.3. The van der Waals surface area contributed by atoms with Gasteiger partial charge in [-0.3, -0.25) is 9.59 Å². The minimum absolute atomic E-state index is 0.129. The van der Waals surface area contributed by atoms with Crippen LogP contribution in [0.15, 0.2) is 36.5 Å². The van der Waals surface area contributed by atoms with Gasteiger partial charge in [0.25, 0.3) is 0 Å². The lowest BCUT2D eigenvalue weighted by molar-refractivity contribution is -0.305. The van der Waals surface area contributed by atoms with Gasteiger partial charge in [-0.1, -0.05) is 372 Å². The molecule has 0 aromatic heterocycles. The highest BCUT2D eigenvalue weighted by molar-refractivity contribution is 5.80. The third-order valence-corrected chi connectivity index (χ3v) is 19.8. The maximum absolute atomic E-state index is 13.5. The van der Waals surface area contributed by atoms with Crippen LogP contribution in [0, 0.1) is 0 Å². The van der Waals surface area contributed by atoms with Crippen LogP contribution >= 0.6 is 0 Å². The van der Waals surface area contributed by atoms with Crippen molar-refractivity contribution in [3.8, 4) is 0 Å². The number of nitrogens with one attached hydrogen (secondary N) is 1. The Morgan fingerprint density at radius 1 is 0.404 bits per heavy atom. The summed E-state index contributed by atoms with van der Waals surface area (Å²) in [7, 11) is 0. The molecule has 1 heterocycles. The highest BCUT2D eigenvalue weighted by Gasteiger charge is 2.47. The molecular formula is C83H157NO10. The van der Waals surface area contributed by atoms with Gasteiger partial charge in [0.2, 0.25) is 5.91 Å². The van der Waals surface area contributed by atoms with Crippen LogP contribution in [0.3, 0.4) is 0 Å². The number of allylic oxidation sites excluding steroid dienone is 5. The number of carbonyl (C=O) groups excluding carboxylic acids is 2. The summed E-state index contributed by atoms with van der Waals surface area (Å²) in [5.74, 6) is -1.17. The molecule has 94 heavy (non-hydrogen) atoms. The normalized spacial score (nSPS) is 17.9. The summed E-state index contributed by atoms with van der Waals surface area (Å²) < 4.78 is 17.8. The Hall–Kier alpha value is -2.12. The largest absolute Gasteiger partial charge is 0.454 e. The van der Waals surface area contributed by atoms with Gasteiger partial charge in [-0.2, -0.15) is 0 Å². The Morgan fingerprint density at radius 2 is 0.702 bits per heavy atom. The first-order valence-electron chi connectivity index (χ1n) is 41.3. The van der Waals surface area contributed by atoms with Crippen molar-refractivity contribution in [1.29, 1.82) is 0 Å². The van der Waals surface area contributed by atoms with Gasteiger partial charge in [0.05, 0.1) is 25.4 Å². The average molecular weight is 1330 g/mol. The molecule has 0 bridgehead atoms. The van der Waals surface area contributed by atoms with Crippen LogP contribution in [0.25, 0.3) is 0 Å². The number of hydrogen-bond acceptors (Lipinski definition) is 10. The Bertz CT molecular complexity index is 1670. The molecule has 8 unspecified atom stereocenters. The van der Waals surface area contributed by atoms with E-state index in [0.717, 1.165) is 57.8 Å². The fraction of sp³-hybridized carbons (Fsp3) is 0.904. The van der Waals surface area contributed by atoms with Crippen LogP contribution in [0.2, 0.25) is 0 Å². The highest BCUT2D eigenvalue weighted by Crippen LogP contribution is 2.27. The van der Waals surface area contributed by atoms with Crippen LogP contribution in [0.1, 0.15) is 419 Å². The van der Waals surface area contributed by atoms with Crippen molar-refractivity contribution in [2.75, 3.05) is 13.2 Å². The smallest absolute Gasteiger partial charge is 0.306 e. The molecule has 11 heteroatoms. The number of esters is 1. The van der Waals surface area contributed by atoms with Gasteiger partial charge in [-0.15, -0.1) is 0 Å². The molecular weight excluding hydrogens is 1170 g/mol. The number of unbranched alkanes of at least 4 members (excludes halogenated alkanes) is 55. The van der Waals surface area contributed by atoms with Crippen molar-refractivity contribution in [2.24, 2.45) is 0 Å². The topological polar surface area (TPSA) is 175 Å². The van der Waals surface area contributed by atoms with Gasteiger partial charge >= 0.3 is 5.97 Å². The zero-order chi connectivity index (χ0) is 68.1. The predicted octanol–water partition coefficient (Wildman–Crippen LogP) is 22.5. The van der Waals surface area contributed by atoms with Crippen molar-refractivity contribution in [1.82, 2.24) is 5.32 Å². The number of aliphatic hydroxyl groups is 5. The molecule has 1 saturated heterocycles. The molecule has 0 saturated carbocycles. The van der Waals surface area contributed by atoms with Gasteiger partial charge in [-0.25, -0.2) is 0 Å². The van der Waals surface area contributed by atoms with E-state index in [1.807, 2.05) is 6.08 Å². The van der Waals surface area contributed by atoms with E-state index in [-0.39, 0.29) is 13.0 Å². The number of amides is 1. The van der Waals surface area contributed by atoms with Gasteiger partial charge in [0, 0.05) is 6.42 Å². The first-order chi connectivity index (χ1) is 46.2. The van der Waals surface area contributed by atoms with Crippen molar-refractivity contribution in [2.45, 2.75) is 468 Å². The predicted molar refractivity (Wildman–Crippen MR) is 398 cm³/mol. The van der Waals surface area contributed by atoms with Gasteiger partial charge < -0.3 is 45.1 Å². The van der Waals surface area contributed by atoms with E-state index in [1.54, 1.807) is 6.08 Å². The van der Waals surface area contributed by atoms with Crippen molar-refractivity contribution < 1.29 is 49.3 Å². The summed E-state index contributed by atoms with van der Waals surface area (Å²) in [6.45, 7) is 5.86. The Kier molecular flexibility index (Phi) is 67.6. The SMILES string of the molecule is CCCCCCCC/C=C/CCCCCCCCCCCCCCCCCCCC(=O)OC1C(OCC(NC(=O)C(O)CCCCCCCCCCCCCCCCCC/C=C/CCCCCCCC)C(O)/C=C/CCCCCCCCCCCC)OC(CO)C(O)C1O. The van der Waals surface area contributed by atoms with E-state index in [9.17, 15) is 35.1 Å². The van der Waals surface area contributed by atoms with E-state index < -0.39 is 67.4 Å². The van der Waals surface area contributed by atoms with E-state index in [2.05, 4.69) is 50.4 Å². The first-order valence-corrected chi connectivity index (χ1v) is 41.3. The lowest BCUT2D eigenvalue weighted by Gasteiger charge is -2.41. The third-order valence-electron chi connectivity index (χ3n) is 19.8. The highest BCUT2D eigenvalue weighted by atomic mass is 16.7. The monoisotopic (exact) mass is 1330 g/mol. The molecule has 1 amide bonds. The van der Waals surface area contributed by atoms with Crippen LogP contribution in [-0.4, -0.2) is 99.6 Å². The number of aliphatic hydroxyl groups excluding tert-OH is 5. The third kappa shape index (κ3) is 56.7. The molecule has 1 rings (SSSR count). The molecule has 0 radical (unpaired) electrons. The molecule has 6 N–H and O–H groups in total. The zero-order valence-corrected chi connectivity index (χ0v) is 62.1. The van der Waals surface area contributed by atoms with Gasteiger partial charge in [0.1, 0.15) is 24.4 Å². The lowest BCUT2D eigenvalue weighted by Crippen LogP contribution is -2.61. The molecule has 1 aliphatic heterocycles. The second-order valence-corrected chi connectivity index (χ2v) is 28.9. The second kappa shape index (κ2) is 70.7. The van der Waals surface area contributed by atoms with E-state index >= 15 is 0 Å². The Labute approximate surface area is 581 Å². The van der Waals surface area contributed by atoms with Crippen LogP contribution in [-0.2, 0) is 23.8 Å². The number of rotatable bonds is 73. The molecule has 1 aliphatic rings. The van der Waals surface area contributed by atoms with Gasteiger partial charge in [0.15, 0.2) is 12.4 Å². The molecule has 0 aromatic rings. The summed E-state index contributed by atoms with van der Waals surface area (Å²) >= 11 is 0. The minimum atomic E-state index is -1.61. The van der Waals surface area contributed by atoms with Crippen LogP contribution in [0.4, 0.5) is 0 Å². The van der Waals surface area contributed by atoms with Crippen molar-refractivity contribution in [3.05, 3.63) is 36.5 Å². The summed E-state index contributed by atoms with van der Waals surface area (Å²) in [5.41, 5.74) is 0. The number of ether oxygens (including phenoxy) is 3. The van der Waals surface area contributed by atoms with Crippen LogP contribution < -0.4 is 5.32 Å². The van der Waals surface area contributed by atoms with E-state index in [0.29, 0.717) is 19.3 Å². The molecule has 8 atom stereocenters.